The van der Waals surface area contributed by atoms with E-state index in [0.717, 1.165) is 12.3 Å². The van der Waals surface area contributed by atoms with Crippen molar-refractivity contribution < 1.29 is 18.6 Å². The molecule has 2 heterocycles. The highest BCUT2D eigenvalue weighted by Crippen LogP contribution is 2.16. The number of hydrogen-bond acceptors (Lipinski definition) is 4. The molecule has 0 saturated heterocycles. The fraction of sp³-hybridized carbons (Fsp3) is 0.167. The van der Waals surface area contributed by atoms with Gasteiger partial charge in [-0.25, -0.2) is 18.7 Å². The minimum Gasteiger partial charge on any atom is -0.506 e. The highest BCUT2D eigenvalue weighted by molar-refractivity contribution is 6.29. The summed E-state index contributed by atoms with van der Waals surface area (Å²) in [5, 5.41) is 8.21. The van der Waals surface area contributed by atoms with Gasteiger partial charge < -0.3 is 9.84 Å². The number of rotatable bonds is 1. The van der Waals surface area contributed by atoms with Crippen molar-refractivity contribution in [1.29, 1.82) is 0 Å². The fourth-order valence-corrected chi connectivity index (χ4v) is 1.13. The van der Waals surface area contributed by atoms with E-state index in [9.17, 15) is 8.78 Å². The van der Waals surface area contributed by atoms with E-state index in [4.69, 9.17) is 28.3 Å². The van der Waals surface area contributed by atoms with E-state index in [2.05, 4.69) is 14.7 Å². The van der Waals surface area contributed by atoms with Crippen LogP contribution in [0.25, 0.3) is 0 Å². The molecule has 0 aromatic carbocycles. The van der Waals surface area contributed by atoms with Crippen molar-refractivity contribution >= 4 is 23.2 Å². The largest absolute Gasteiger partial charge is 0.506 e. The maximum Gasteiger partial charge on any atom is 0.164 e. The molecule has 8 heteroatoms. The van der Waals surface area contributed by atoms with Crippen LogP contribution < -0.4 is 4.74 Å². The monoisotopic (exact) mass is 324 g/mol. The van der Waals surface area contributed by atoms with Gasteiger partial charge in [-0.3, -0.25) is 0 Å². The summed E-state index contributed by atoms with van der Waals surface area (Å²) in [5.74, 6) is -1.14. The van der Waals surface area contributed by atoms with E-state index in [1.165, 1.54) is 19.4 Å². The minimum absolute atomic E-state index is 0. The zero-order chi connectivity index (χ0) is 14.4. The van der Waals surface area contributed by atoms with Crippen LogP contribution in [0.15, 0.2) is 24.5 Å². The molecule has 0 aliphatic rings. The minimum atomic E-state index is -0.711. The molecule has 0 unspecified atom stereocenters. The third-order valence-electron chi connectivity index (χ3n) is 1.79. The Morgan fingerprint density at radius 3 is 1.95 bits per heavy atom. The van der Waals surface area contributed by atoms with Crippen LogP contribution in [0.2, 0.25) is 10.3 Å². The van der Waals surface area contributed by atoms with Gasteiger partial charge in [0.05, 0.1) is 19.5 Å². The first-order chi connectivity index (χ1) is 8.93. The predicted molar refractivity (Wildman–Crippen MR) is 73.4 cm³/mol. The van der Waals surface area contributed by atoms with Crippen LogP contribution in [-0.2, 0) is 0 Å². The van der Waals surface area contributed by atoms with Crippen LogP contribution in [0.5, 0.6) is 11.5 Å². The average Bonchev–Trinajstić information content (AvgIpc) is 2.38. The number of methoxy groups -OCH3 is 1. The molecule has 0 atom stereocenters. The molecule has 0 aliphatic carbocycles. The molecular formula is C12H12Cl2F2N2O2. The second-order valence-corrected chi connectivity index (χ2v) is 3.83. The van der Waals surface area contributed by atoms with Crippen molar-refractivity contribution in [3.63, 3.8) is 0 Å². The highest BCUT2D eigenvalue weighted by atomic mass is 35.5. The number of halogens is 4. The van der Waals surface area contributed by atoms with Gasteiger partial charge in [0.1, 0.15) is 11.5 Å². The van der Waals surface area contributed by atoms with Crippen LogP contribution in [0, 0.1) is 11.6 Å². The Bertz CT molecular complexity index is 571. The number of aromatic nitrogens is 2. The number of hydrogen-bond donors (Lipinski definition) is 1. The normalized spacial score (nSPS) is 9.05. The highest BCUT2D eigenvalue weighted by Gasteiger charge is 2.00. The number of aromatic hydroxyl groups is 1. The van der Waals surface area contributed by atoms with Gasteiger partial charge in [-0.05, 0) is 0 Å². The molecule has 2 rings (SSSR count). The van der Waals surface area contributed by atoms with Gasteiger partial charge >= 0.3 is 0 Å². The molecule has 0 aliphatic heterocycles. The van der Waals surface area contributed by atoms with Crippen molar-refractivity contribution in [3.8, 4) is 11.5 Å². The second-order valence-electron chi connectivity index (χ2n) is 3.11. The first kappa shape index (κ1) is 18.3. The first-order valence-corrected chi connectivity index (χ1v) is 5.54. The van der Waals surface area contributed by atoms with Gasteiger partial charge in [0.15, 0.2) is 21.9 Å². The molecular weight excluding hydrogens is 313 g/mol. The first-order valence-electron chi connectivity index (χ1n) is 4.79. The second kappa shape index (κ2) is 8.50. The maximum atomic E-state index is 12.5. The smallest absolute Gasteiger partial charge is 0.164 e. The van der Waals surface area contributed by atoms with Crippen LogP contribution in [0.1, 0.15) is 7.43 Å². The Morgan fingerprint density at radius 2 is 1.55 bits per heavy atom. The zero-order valence-electron chi connectivity index (χ0n) is 9.57. The van der Waals surface area contributed by atoms with Crippen LogP contribution in [0.3, 0.4) is 0 Å². The van der Waals surface area contributed by atoms with Crippen LogP contribution in [-0.4, -0.2) is 22.2 Å². The molecule has 0 fully saturated rings. The summed E-state index contributed by atoms with van der Waals surface area (Å²) in [6.07, 6.45) is 2.43. The van der Waals surface area contributed by atoms with E-state index in [1.54, 1.807) is 0 Å². The SMILES string of the molecule is C.COc1cnc(Cl)c(F)c1.Oc1cnc(Cl)c(F)c1. The van der Waals surface area contributed by atoms with Crippen molar-refractivity contribution in [1.82, 2.24) is 9.97 Å². The molecule has 0 saturated carbocycles. The van der Waals surface area contributed by atoms with Crippen molar-refractivity contribution in [2.45, 2.75) is 7.43 Å². The van der Waals surface area contributed by atoms with Crippen molar-refractivity contribution in [2.75, 3.05) is 7.11 Å². The Labute approximate surface area is 125 Å². The predicted octanol–water partition coefficient (Wildman–Crippen LogP) is 4.10. The number of nitrogens with zero attached hydrogens (tertiary/aromatic N) is 2. The third kappa shape index (κ3) is 5.54. The molecule has 0 bridgehead atoms. The summed E-state index contributed by atoms with van der Waals surface area (Å²) in [6, 6.07) is 2.07. The van der Waals surface area contributed by atoms with E-state index >= 15 is 0 Å². The molecule has 2 aromatic rings. The standard InChI is InChI=1S/C6H5ClFNO.C5H3ClFNO.CH4/c1-10-4-2-5(8)6(7)9-3-4;6-5-4(7)1-3(9)2-8-5;/h2-3H,1H3;1-2,9H;1H4. The van der Waals surface area contributed by atoms with Gasteiger partial charge in [-0.15, -0.1) is 0 Å². The summed E-state index contributed by atoms with van der Waals surface area (Å²) in [5.41, 5.74) is 0. The number of pyridine rings is 2. The zero-order valence-corrected chi connectivity index (χ0v) is 11.1. The lowest BCUT2D eigenvalue weighted by Gasteiger charge is -1.97. The van der Waals surface area contributed by atoms with Crippen molar-refractivity contribution in [2.24, 2.45) is 0 Å². The summed E-state index contributed by atoms with van der Waals surface area (Å²) in [7, 11) is 1.43. The Morgan fingerprint density at radius 1 is 1.05 bits per heavy atom. The lowest BCUT2D eigenvalue weighted by molar-refractivity contribution is 0.409. The molecule has 20 heavy (non-hydrogen) atoms. The van der Waals surface area contributed by atoms with Crippen LogP contribution in [0.4, 0.5) is 8.78 Å². The Hall–Kier alpha value is -1.66. The van der Waals surface area contributed by atoms with Crippen molar-refractivity contribution in [3.05, 3.63) is 46.5 Å². The van der Waals surface area contributed by atoms with Gasteiger partial charge in [-0.2, -0.15) is 0 Å². The van der Waals surface area contributed by atoms with Crippen LogP contribution >= 0.6 is 23.2 Å². The maximum absolute atomic E-state index is 12.5. The lowest BCUT2D eigenvalue weighted by atomic mass is 10.4. The topological polar surface area (TPSA) is 55.2 Å². The summed E-state index contributed by atoms with van der Waals surface area (Å²) in [4.78, 5) is 6.83. The lowest BCUT2D eigenvalue weighted by Crippen LogP contribution is -1.87. The van der Waals surface area contributed by atoms with Gasteiger partial charge in [0.25, 0.3) is 0 Å². The number of ether oxygens (including phenoxy) is 1. The van der Waals surface area contributed by atoms with E-state index in [0.29, 0.717) is 5.75 Å². The van der Waals surface area contributed by atoms with E-state index < -0.39 is 11.6 Å². The summed E-state index contributed by atoms with van der Waals surface area (Å²) < 4.78 is 29.4. The van der Waals surface area contributed by atoms with Gasteiger partial charge in [0, 0.05) is 12.1 Å². The van der Waals surface area contributed by atoms with E-state index in [-0.39, 0.29) is 23.5 Å². The average molecular weight is 325 g/mol. The third-order valence-corrected chi connectivity index (χ3v) is 2.34. The molecule has 1 N–H and O–H groups in total. The molecule has 0 amide bonds. The fourth-order valence-electron chi connectivity index (χ4n) is 0.926. The van der Waals surface area contributed by atoms with Gasteiger partial charge in [0.2, 0.25) is 0 Å². The molecule has 4 nitrogen and oxygen atoms in total. The molecule has 0 spiro atoms. The Balaban J connectivity index is 0.000000345. The quantitative estimate of drug-likeness (QED) is 0.802. The summed E-state index contributed by atoms with van der Waals surface area (Å²) >= 11 is 10.5. The van der Waals surface area contributed by atoms with Gasteiger partial charge in [-0.1, -0.05) is 30.6 Å². The van der Waals surface area contributed by atoms with E-state index in [1.807, 2.05) is 0 Å². The Kier molecular flexibility index (Phi) is 7.79. The molecule has 0 radical (unpaired) electrons. The molecule has 2 aromatic heterocycles. The molecule has 110 valence electrons. The summed E-state index contributed by atoms with van der Waals surface area (Å²) in [6.45, 7) is 0.